The van der Waals surface area contributed by atoms with E-state index in [1.54, 1.807) is 11.9 Å². The molecule has 24 heavy (non-hydrogen) atoms. The van der Waals surface area contributed by atoms with E-state index in [2.05, 4.69) is 9.88 Å². The van der Waals surface area contributed by atoms with Gasteiger partial charge in [-0.3, -0.25) is 4.79 Å². The molecule has 0 spiro atoms. The molecule has 0 saturated carbocycles. The zero-order valence-corrected chi connectivity index (χ0v) is 14.0. The number of likely N-dealkylation sites (tertiary alicyclic amines) is 1. The fourth-order valence-corrected chi connectivity index (χ4v) is 2.73. The van der Waals surface area contributed by atoms with Gasteiger partial charge in [0.2, 0.25) is 5.89 Å². The fourth-order valence-electron chi connectivity index (χ4n) is 2.73. The van der Waals surface area contributed by atoms with Crippen molar-refractivity contribution in [1.82, 2.24) is 14.8 Å². The predicted octanol–water partition coefficient (Wildman–Crippen LogP) is 2.42. The van der Waals surface area contributed by atoms with Crippen molar-refractivity contribution in [3.63, 3.8) is 0 Å². The van der Waals surface area contributed by atoms with Gasteiger partial charge in [0.05, 0.1) is 0 Å². The number of carbonyl (C=O) groups is 1. The maximum absolute atomic E-state index is 12.4. The number of hydrogen-bond acceptors (Lipinski definition) is 5. The second-order valence-corrected chi connectivity index (χ2v) is 6.00. The number of para-hydroxylation sites is 1. The Bertz CT molecular complexity index is 651. The summed E-state index contributed by atoms with van der Waals surface area (Å²) < 4.78 is 10.9. The molecule has 0 radical (unpaired) electrons. The van der Waals surface area contributed by atoms with E-state index in [0.29, 0.717) is 18.1 Å². The minimum atomic E-state index is -0.121. The van der Waals surface area contributed by atoms with Gasteiger partial charge in [-0.2, -0.15) is 0 Å². The molecule has 1 saturated heterocycles. The number of likely N-dealkylation sites (N-methyl/N-ethyl adjacent to an activating group) is 1. The first kappa shape index (κ1) is 16.5. The van der Waals surface area contributed by atoms with Crippen molar-refractivity contribution in [1.29, 1.82) is 0 Å². The lowest BCUT2D eigenvalue weighted by Crippen LogP contribution is -2.35. The molecule has 0 atom stereocenters. The third kappa shape index (κ3) is 4.35. The third-order valence-electron chi connectivity index (χ3n) is 4.17. The molecule has 1 fully saturated rings. The van der Waals surface area contributed by atoms with Gasteiger partial charge < -0.3 is 19.0 Å². The molecule has 128 valence electrons. The summed E-state index contributed by atoms with van der Waals surface area (Å²) in [7, 11) is 1.80. The maximum atomic E-state index is 12.4. The molecule has 6 heteroatoms. The Morgan fingerprint density at radius 1 is 1.29 bits per heavy atom. The molecule has 1 aromatic heterocycles. The van der Waals surface area contributed by atoms with Crippen LogP contribution in [0.2, 0.25) is 0 Å². The van der Waals surface area contributed by atoms with Crippen molar-refractivity contribution in [2.45, 2.75) is 19.4 Å². The Labute approximate surface area is 142 Å². The van der Waals surface area contributed by atoms with Gasteiger partial charge in [0.1, 0.15) is 12.0 Å². The van der Waals surface area contributed by atoms with Crippen molar-refractivity contribution in [2.24, 2.45) is 0 Å². The van der Waals surface area contributed by atoms with E-state index < -0.39 is 0 Å². The minimum absolute atomic E-state index is 0.121. The minimum Gasteiger partial charge on any atom is -0.484 e. The van der Waals surface area contributed by atoms with Gasteiger partial charge in [-0.1, -0.05) is 18.2 Å². The first-order chi connectivity index (χ1) is 11.7. The smallest absolute Gasteiger partial charge is 0.275 e. The van der Waals surface area contributed by atoms with Crippen LogP contribution in [0.4, 0.5) is 0 Å². The van der Waals surface area contributed by atoms with Crippen LogP contribution in [0, 0.1) is 0 Å². The molecular formula is C18H23N3O3. The van der Waals surface area contributed by atoms with Gasteiger partial charge in [-0.05, 0) is 38.1 Å². The summed E-state index contributed by atoms with van der Waals surface area (Å²) in [5.74, 6) is 1.02. The molecule has 6 nitrogen and oxygen atoms in total. The lowest BCUT2D eigenvalue weighted by molar-refractivity contribution is 0.0776. The number of hydrogen-bond donors (Lipinski definition) is 0. The number of carbonyl (C=O) groups excluding carboxylic acids is 1. The van der Waals surface area contributed by atoms with Crippen molar-refractivity contribution in [3.8, 4) is 5.75 Å². The van der Waals surface area contributed by atoms with Crippen molar-refractivity contribution in [2.75, 3.05) is 33.2 Å². The fraction of sp³-hybridized carbons (Fsp3) is 0.444. The Hall–Kier alpha value is -2.34. The maximum Gasteiger partial charge on any atom is 0.275 e. The van der Waals surface area contributed by atoms with Crippen LogP contribution in [-0.2, 0) is 6.61 Å². The largest absolute Gasteiger partial charge is 0.484 e. The summed E-state index contributed by atoms with van der Waals surface area (Å²) >= 11 is 0. The van der Waals surface area contributed by atoms with Gasteiger partial charge in [0.25, 0.3) is 5.91 Å². The average molecular weight is 329 g/mol. The standard InChI is InChI=1S/C18H23N3O3/c1-20(11-12-21-9-5-6-10-21)18(22)16-13-24-17(19-16)14-23-15-7-3-2-4-8-15/h2-4,7-8,13H,5-6,9-12,14H2,1H3. The average Bonchev–Trinajstić information content (AvgIpc) is 3.30. The molecule has 2 aromatic rings. The molecule has 1 aliphatic heterocycles. The topological polar surface area (TPSA) is 58.8 Å². The van der Waals surface area contributed by atoms with Gasteiger partial charge in [0, 0.05) is 20.1 Å². The van der Waals surface area contributed by atoms with Crippen molar-refractivity contribution >= 4 is 5.91 Å². The van der Waals surface area contributed by atoms with Crippen molar-refractivity contribution in [3.05, 3.63) is 48.2 Å². The van der Waals surface area contributed by atoms with Gasteiger partial charge in [0.15, 0.2) is 12.3 Å². The molecular weight excluding hydrogens is 306 g/mol. The van der Waals surface area contributed by atoms with E-state index in [1.165, 1.54) is 19.1 Å². The van der Waals surface area contributed by atoms with Crippen LogP contribution in [-0.4, -0.2) is 53.9 Å². The summed E-state index contributed by atoms with van der Waals surface area (Å²) in [5.41, 5.74) is 0.325. The molecule has 2 heterocycles. The normalized spacial score (nSPS) is 14.7. The highest BCUT2D eigenvalue weighted by Gasteiger charge is 2.18. The van der Waals surface area contributed by atoms with E-state index in [9.17, 15) is 4.79 Å². The number of rotatable bonds is 7. The second kappa shape index (κ2) is 7.97. The van der Waals surface area contributed by atoms with E-state index in [-0.39, 0.29) is 12.5 Å². The number of aromatic nitrogens is 1. The van der Waals surface area contributed by atoms with Crippen LogP contribution in [0.3, 0.4) is 0 Å². The molecule has 1 aliphatic rings. The monoisotopic (exact) mass is 329 g/mol. The molecule has 1 aromatic carbocycles. The van der Waals surface area contributed by atoms with Crippen LogP contribution in [0.25, 0.3) is 0 Å². The lowest BCUT2D eigenvalue weighted by Gasteiger charge is -2.20. The zero-order chi connectivity index (χ0) is 16.8. The summed E-state index contributed by atoms with van der Waals surface area (Å²) in [6.07, 6.45) is 3.91. The highest BCUT2D eigenvalue weighted by molar-refractivity contribution is 5.91. The summed E-state index contributed by atoms with van der Waals surface area (Å²) in [6.45, 7) is 4.07. The highest BCUT2D eigenvalue weighted by atomic mass is 16.5. The Balaban J connectivity index is 1.49. The van der Waals surface area contributed by atoms with Crippen LogP contribution >= 0.6 is 0 Å². The third-order valence-corrected chi connectivity index (χ3v) is 4.17. The zero-order valence-electron chi connectivity index (χ0n) is 14.0. The molecule has 0 aliphatic carbocycles. The van der Waals surface area contributed by atoms with Crippen molar-refractivity contribution < 1.29 is 13.9 Å². The summed E-state index contributed by atoms with van der Waals surface area (Å²) in [5, 5.41) is 0. The lowest BCUT2D eigenvalue weighted by atomic mass is 10.3. The van der Waals surface area contributed by atoms with E-state index >= 15 is 0 Å². The summed E-state index contributed by atoms with van der Waals surface area (Å²) in [4.78, 5) is 20.7. The number of oxazole rings is 1. The number of amides is 1. The second-order valence-electron chi connectivity index (χ2n) is 6.00. The number of benzene rings is 1. The Kier molecular flexibility index (Phi) is 5.48. The summed E-state index contributed by atoms with van der Waals surface area (Å²) in [6, 6.07) is 9.44. The molecule has 1 amide bonds. The molecule has 3 rings (SSSR count). The molecule has 0 bridgehead atoms. The Morgan fingerprint density at radius 2 is 2.04 bits per heavy atom. The van der Waals surface area contributed by atoms with Crippen LogP contribution in [0.5, 0.6) is 5.75 Å². The number of ether oxygens (including phenoxy) is 1. The quantitative estimate of drug-likeness (QED) is 0.781. The van der Waals surface area contributed by atoms with Gasteiger partial charge in [-0.15, -0.1) is 0 Å². The van der Waals surface area contributed by atoms with Crippen LogP contribution < -0.4 is 4.74 Å². The highest BCUT2D eigenvalue weighted by Crippen LogP contribution is 2.12. The van der Waals surface area contributed by atoms with E-state index in [0.717, 1.165) is 25.4 Å². The van der Waals surface area contributed by atoms with Gasteiger partial charge in [-0.25, -0.2) is 4.98 Å². The Morgan fingerprint density at radius 3 is 2.79 bits per heavy atom. The molecule has 0 N–H and O–H groups in total. The first-order valence-electron chi connectivity index (χ1n) is 8.32. The van der Waals surface area contributed by atoms with Crippen LogP contribution in [0.15, 0.2) is 41.0 Å². The van der Waals surface area contributed by atoms with Crippen LogP contribution in [0.1, 0.15) is 29.2 Å². The van der Waals surface area contributed by atoms with E-state index in [1.807, 2.05) is 30.3 Å². The predicted molar refractivity (Wildman–Crippen MR) is 89.9 cm³/mol. The first-order valence-corrected chi connectivity index (χ1v) is 8.32. The SMILES string of the molecule is CN(CCN1CCCC1)C(=O)c1coc(COc2ccccc2)n1. The molecule has 0 unspecified atom stereocenters. The van der Waals surface area contributed by atoms with E-state index in [4.69, 9.17) is 9.15 Å². The van der Waals surface area contributed by atoms with Gasteiger partial charge >= 0.3 is 0 Å². The number of nitrogens with zero attached hydrogens (tertiary/aromatic N) is 3.